The Morgan fingerprint density at radius 1 is 1.10 bits per heavy atom. The fourth-order valence-electron chi connectivity index (χ4n) is 5.88. The summed E-state index contributed by atoms with van der Waals surface area (Å²) in [6.45, 7) is 5.23. The SMILES string of the molecule is Cc1ncnc(C)c1C(=O)N1CCC2(CCCC(N(Cc3cccc(F)c3)C(=O)CC(F)(F)F)CCN2)CC1. The fourth-order valence-corrected chi connectivity index (χ4v) is 5.88. The Bertz CT molecular complexity index is 1150. The van der Waals surface area contributed by atoms with Crippen LogP contribution in [0.2, 0.25) is 0 Å². The van der Waals surface area contributed by atoms with Gasteiger partial charge in [-0.2, -0.15) is 13.2 Å². The van der Waals surface area contributed by atoms with Crippen LogP contribution in [-0.2, 0) is 11.3 Å². The summed E-state index contributed by atoms with van der Waals surface area (Å²) < 4.78 is 53.1. The first-order valence-electron chi connectivity index (χ1n) is 13.4. The highest BCUT2D eigenvalue weighted by Gasteiger charge is 2.39. The van der Waals surface area contributed by atoms with Crippen LogP contribution in [0.4, 0.5) is 17.6 Å². The van der Waals surface area contributed by atoms with Crippen molar-refractivity contribution in [3.05, 3.63) is 58.9 Å². The zero-order valence-electron chi connectivity index (χ0n) is 22.4. The minimum absolute atomic E-state index is 0.0671. The van der Waals surface area contributed by atoms with E-state index in [9.17, 15) is 27.2 Å². The molecule has 1 spiro atoms. The van der Waals surface area contributed by atoms with Crippen LogP contribution < -0.4 is 5.32 Å². The summed E-state index contributed by atoms with van der Waals surface area (Å²) >= 11 is 0. The number of carbonyl (C=O) groups is 2. The molecule has 1 aromatic carbocycles. The molecule has 2 aliphatic rings. The van der Waals surface area contributed by atoms with Gasteiger partial charge in [-0.3, -0.25) is 9.59 Å². The molecule has 2 saturated heterocycles. The maximum atomic E-state index is 13.7. The molecule has 39 heavy (non-hydrogen) atoms. The number of piperidine rings is 1. The number of nitrogens with one attached hydrogen (secondary N) is 1. The van der Waals surface area contributed by atoms with Gasteiger partial charge in [0.15, 0.2) is 0 Å². The minimum atomic E-state index is -4.62. The van der Waals surface area contributed by atoms with Crippen LogP contribution in [0.15, 0.2) is 30.6 Å². The van der Waals surface area contributed by atoms with Crippen molar-refractivity contribution in [1.82, 2.24) is 25.1 Å². The number of halogens is 4. The number of hydrogen-bond acceptors (Lipinski definition) is 5. The monoisotopic (exact) mass is 549 g/mol. The normalized spacial score (nSPS) is 19.8. The van der Waals surface area contributed by atoms with Gasteiger partial charge in [-0.25, -0.2) is 14.4 Å². The van der Waals surface area contributed by atoms with Crippen LogP contribution in [0.5, 0.6) is 0 Å². The van der Waals surface area contributed by atoms with E-state index in [0.29, 0.717) is 55.0 Å². The summed E-state index contributed by atoms with van der Waals surface area (Å²) in [5.41, 5.74) is 2.16. The summed E-state index contributed by atoms with van der Waals surface area (Å²) in [6.07, 6.45) is -0.623. The average molecular weight is 550 g/mol. The molecular weight excluding hydrogens is 514 g/mol. The largest absolute Gasteiger partial charge is 0.397 e. The average Bonchev–Trinajstić information content (AvgIpc) is 2.84. The second-order valence-corrected chi connectivity index (χ2v) is 10.7. The van der Waals surface area contributed by atoms with Crippen LogP contribution in [0.1, 0.15) is 72.3 Å². The number of aryl methyl sites for hydroxylation is 2. The number of nitrogens with zero attached hydrogens (tertiary/aromatic N) is 4. The second-order valence-electron chi connectivity index (χ2n) is 10.7. The van der Waals surface area contributed by atoms with Gasteiger partial charge in [-0.1, -0.05) is 12.1 Å². The quantitative estimate of drug-likeness (QED) is 0.546. The van der Waals surface area contributed by atoms with Gasteiger partial charge in [-0.05, 0) is 76.6 Å². The summed E-state index contributed by atoms with van der Waals surface area (Å²) in [4.78, 5) is 37.4. The van der Waals surface area contributed by atoms with Gasteiger partial charge < -0.3 is 15.1 Å². The predicted octanol–water partition coefficient (Wildman–Crippen LogP) is 4.72. The van der Waals surface area contributed by atoms with Crippen molar-refractivity contribution >= 4 is 11.8 Å². The zero-order valence-corrected chi connectivity index (χ0v) is 22.4. The van der Waals surface area contributed by atoms with Crippen molar-refractivity contribution in [2.75, 3.05) is 19.6 Å². The fraction of sp³-hybridized carbons (Fsp3) is 0.571. The van der Waals surface area contributed by atoms with Gasteiger partial charge >= 0.3 is 6.18 Å². The van der Waals surface area contributed by atoms with Crippen molar-refractivity contribution in [2.24, 2.45) is 0 Å². The molecule has 1 aromatic heterocycles. The lowest BCUT2D eigenvalue weighted by molar-refractivity contribution is -0.164. The third-order valence-electron chi connectivity index (χ3n) is 7.97. The van der Waals surface area contributed by atoms with Crippen molar-refractivity contribution in [2.45, 2.75) is 83.1 Å². The molecule has 1 N–H and O–H groups in total. The molecule has 1 atom stereocenters. The van der Waals surface area contributed by atoms with Gasteiger partial charge in [0.25, 0.3) is 5.91 Å². The highest BCUT2D eigenvalue weighted by atomic mass is 19.4. The Labute approximate surface area is 226 Å². The molecule has 0 saturated carbocycles. The molecule has 1 unspecified atom stereocenters. The molecule has 3 heterocycles. The maximum absolute atomic E-state index is 13.7. The minimum Gasteiger partial charge on any atom is -0.338 e. The molecular formula is C28H35F4N5O2. The Kier molecular flexibility index (Phi) is 8.88. The Balaban J connectivity index is 1.39. The lowest BCUT2D eigenvalue weighted by atomic mass is 9.80. The van der Waals surface area contributed by atoms with E-state index in [0.717, 1.165) is 25.7 Å². The topological polar surface area (TPSA) is 78.4 Å². The lowest BCUT2D eigenvalue weighted by Crippen LogP contribution is -2.56. The number of likely N-dealkylation sites (tertiary alicyclic amines) is 1. The predicted molar refractivity (Wildman–Crippen MR) is 137 cm³/mol. The van der Waals surface area contributed by atoms with E-state index in [-0.39, 0.29) is 18.0 Å². The van der Waals surface area contributed by atoms with Crippen LogP contribution in [-0.4, -0.2) is 69.0 Å². The molecule has 0 aliphatic carbocycles. The number of benzene rings is 1. The summed E-state index contributed by atoms with van der Waals surface area (Å²) in [6, 6.07) is 5.24. The molecule has 2 fully saturated rings. The Hall–Kier alpha value is -3.08. The third kappa shape index (κ3) is 7.32. The van der Waals surface area contributed by atoms with Gasteiger partial charge in [0, 0.05) is 31.2 Å². The summed E-state index contributed by atoms with van der Waals surface area (Å²) in [7, 11) is 0. The Morgan fingerprint density at radius 3 is 2.44 bits per heavy atom. The van der Waals surface area contributed by atoms with E-state index >= 15 is 0 Å². The van der Waals surface area contributed by atoms with E-state index in [1.165, 1.54) is 29.4 Å². The molecule has 7 nitrogen and oxygen atoms in total. The molecule has 0 radical (unpaired) electrons. The van der Waals surface area contributed by atoms with Crippen LogP contribution in [0, 0.1) is 19.7 Å². The van der Waals surface area contributed by atoms with E-state index in [1.54, 1.807) is 19.9 Å². The second kappa shape index (κ2) is 12.0. The smallest absolute Gasteiger partial charge is 0.338 e. The van der Waals surface area contributed by atoms with E-state index < -0.39 is 30.4 Å². The summed E-state index contributed by atoms with van der Waals surface area (Å²) in [5.74, 6) is -1.55. The molecule has 11 heteroatoms. The van der Waals surface area contributed by atoms with Gasteiger partial charge in [0.1, 0.15) is 18.6 Å². The number of amides is 2. The number of alkyl halides is 3. The van der Waals surface area contributed by atoms with Crippen molar-refractivity contribution in [3.8, 4) is 0 Å². The Morgan fingerprint density at radius 2 is 1.79 bits per heavy atom. The van der Waals surface area contributed by atoms with E-state index in [1.807, 2.05) is 4.90 Å². The van der Waals surface area contributed by atoms with Gasteiger partial charge in [0.05, 0.1) is 17.0 Å². The van der Waals surface area contributed by atoms with Gasteiger partial charge in [0.2, 0.25) is 5.91 Å². The maximum Gasteiger partial charge on any atom is 0.397 e. The number of rotatable bonds is 5. The standard InChI is InChI=1S/C28H35F4N5O2/c1-19-25(20(2)34-18-33-19)26(39)36-13-10-27(11-14-36)9-4-7-23(8-12-35-27)37(24(38)16-28(30,31)32)17-21-5-3-6-22(29)15-21/h3,5-6,15,18,23,35H,4,7-14,16-17H2,1-2H3. The summed E-state index contributed by atoms with van der Waals surface area (Å²) in [5, 5.41) is 3.62. The number of hydrogen-bond donors (Lipinski definition) is 1. The zero-order chi connectivity index (χ0) is 28.2. The van der Waals surface area contributed by atoms with Crippen LogP contribution >= 0.6 is 0 Å². The first kappa shape index (κ1) is 28.9. The molecule has 212 valence electrons. The molecule has 2 amide bonds. The van der Waals surface area contributed by atoms with E-state index in [4.69, 9.17) is 0 Å². The van der Waals surface area contributed by atoms with Crippen molar-refractivity contribution < 1.29 is 27.2 Å². The van der Waals surface area contributed by atoms with E-state index in [2.05, 4.69) is 15.3 Å². The van der Waals surface area contributed by atoms with Crippen LogP contribution in [0.3, 0.4) is 0 Å². The van der Waals surface area contributed by atoms with Crippen molar-refractivity contribution in [1.29, 1.82) is 0 Å². The first-order valence-corrected chi connectivity index (χ1v) is 13.4. The highest BCUT2D eigenvalue weighted by molar-refractivity contribution is 5.96. The molecule has 2 aliphatic heterocycles. The lowest BCUT2D eigenvalue weighted by Gasteiger charge is -2.45. The van der Waals surface area contributed by atoms with Crippen LogP contribution in [0.25, 0.3) is 0 Å². The molecule has 4 rings (SSSR count). The first-order chi connectivity index (χ1) is 18.5. The van der Waals surface area contributed by atoms with Gasteiger partial charge in [-0.15, -0.1) is 0 Å². The highest BCUT2D eigenvalue weighted by Crippen LogP contribution is 2.33. The molecule has 0 bridgehead atoms. The third-order valence-corrected chi connectivity index (χ3v) is 7.97. The number of carbonyl (C=O) groups excluding carboxylic acids is 2. The number of aromatic nitrogens is 2. The molecule has 2 aromatic rings. The van der Waals surface area contributed by atoms with Crippen molar-refractivity contribution in [3.63, 3.8) is 0 Å².